The van der Waals surface area contributed by atoms with Gasteiger partial charge in [-0.1, -0.05) is 28.3 Å². The van der Waals surface area contributed by atoms with Crippen LogP contribution in [0.5, 0.6) is 5.75 Å². The van der Waals surface area contributed by atoms with Crippen molar-refractivity contribution in [1.82, 2.24) is 0 Å². The number of hydrogen-bond donors (Lipinski definition) is 0. The summed E-state index contributed by atoms with van der Waals surface area (Å²) in [7, 11) is 0. The van der Waals surface area contributed by atoms with E-state index in [9.17, 15) is 14.4 Å². The van der Waals surface area contributed by atoms with Crippen LogP contribution in [-0.4, -0.2) is 55.2 Å². The SMILES string of the molecule is CC(=O)OC[C@H]1O[C@H](Oc2ccc(Cl)c(Cl)c2)[C@H](OC(C)=O)[C@@H](N=[N+]=[N-])[C@H]1OC(C)=O. The van der Waals surface area contributed by atoms with Crippen molar-refractivity contribution in [2.75, 3.05) is 6.61 Å². The van der Waals surface area contributed by atoms with Crippen molar-refractivity contribution in [3.8, 4) is 5.75 Å². The van der Waals surface area contributed by atoms with Gasteiger partial charge in [-0.05, 0) is 17.7 Å². The third kappa shape index (κ3) is 6.90. The molecule has 2 rings (SSSR count). The normalized spacial score (nSPS) is 25.0. The number of nitrogens with zero attached hydrogens (tertiary/aromatic N) is 3. The molecule has 0 N–H and O–H groups in total. The molecule has 1 saturated heterocycles. The molecule has 168 valence electrons. The smallest absolute Gasteiger partial charge is 0.303 e. The lowest BCUT2D eigenvalue weighted by molar-refractivity contribution is -0.259. The van der Waals surface area contributed by atoms with Gasteiger partial charge < -0.3 is 23.7 Å². The van der Waals surface area contributed by atoms with Gasteiger partial charge in [0, 0.05) is 31.7 Å². The third-order valence-corrected chi connectivity index (χ3v) is 4.74. The molecular weight excluding hydrogens is 457 g/mol. The molecule has 0 amide bonds. The molecule has 13 heteroatoms. The van der Waals surface area contributed by atoms with Gasteiger partial charge in [0.15, 0.2) is 6.10 Å². The fourth-order valence-electron chi connectivity index (χ4n) is 2.85. The maximum atomic E-state index is 11.7. The predicted octanol–water partition coefficient (Wildman–Crippen LogP) is 3.20. The monoisotopic (exact) mass is 475 g/mol. The molecule has 1 aliphatic heterocycles. The summed E-state index contributed by atoms with van der Waals surface area (Å²) < 4.78 is 27.1. The van der Waals surface area contributed by atoms with Crippen LogP contribution < -0.4 is 4.74 Å². The number of benzene rings is 1. The lowest BCUT2D eigenvalue weighted by atomic mass is 9.96. The Morgan fingerprint density at radius 2 is 1.71 bits per heavy atom. The van der Waals surface area contributed by atoms with E-state index in [1.54, 1.807) is 0 Å². The maximum absolute atomic E-state index is 11.7. The molecule has 0 bridgehead atoms. The first-order chi connectivity index (χ1) is 14.6. The molecule has 0 spiro atoms. The lowest BCUT2D eigenvalue weighted by Gasteiger charge is -2.43. The van der Waals surface area contributed by atoms with Gasteiger partial charge in [-0.15, -0.1) is 0 Å². The molecule has 5 atom stereocenters. The Balaban J connectivity index is 2.44. The topological polar surface area (TPSA) is 146 Å². The molecule has 0 aliphatic carbocycles. The van der Waals surface area contributed by atoms with Crippen LogP contribution in [0.2, 0.25) is 10.0 Å². The third-order valence-electron chi connectivity index (χ3n) is 4.00. The van der Waals surface area contributed by atoms with Crippen molar-refractivity contribution in [2.24, 2.45) is 5.11 Å². The number of rotatable bonds is 7. The Morgan fingerprint density at radius 1 is 1.06 bits per heavy atom. The van der Waals surface area contributed by atoms with Crippen LogP contribution in [0.4, 0.5) is 0 Å². The molecule has 0 aromatic heterocycles. The van der Waals surface area contributed by atoms with Gasteiger partial charge in [0.25, 0.3) is 0 Å². The summed E-state index contributed by atoms with van der Waals surface area (Å²) in [5, 5.41) is 4.11. The molecule has 1 aromatic carbocycles. The van der Waals surface area contributed by atoms with E-state index in [2.05, 4.69) is 10.0 Å². The molecule has 1 aliphatic rings. The average Bonchev–Trinajstić information content (AvgIpc) is 2.67. The number of ether oxygens (including phenoxy) is 5. The van der Waals surface area contributed by atoms with E-state index in [1.807, 2.05) is 0 Å². The molecule has 0 saturated carbocycles. The Hall–Kier alpha value is -2.72. The van der Waals surface area contributed by atoms with Gasteiger partial charge in [-0.3, -0.25) is 14.4 Å². The number of azide groups is 1. The fourth-order valence-corrected chi connectivity index (χ4v) is 3.14. The second kappa shape index (κ2) is 11.1. The van der Waals surface area contributed by atoms with Crippen LogP contribution in [0.1, 0.15) is 20.8 Å². The number of halogens is 2. The standard InChI is InChI=1S/C18H19Cl2N3O8/c1-8(24)27-7-14-16(28-9(2)25)15(22-23-21)17(29-10(3)26)18(31-14)30-11-4-5-12(19)13(20)6-11/h4-6,14-18H,7H2,1-3H3/t14-,15+,16+,17-,18+/m1/s1. The Bertz CT molecular complexity index is 893. The van der Waals surface area contributed by atoms with Crippen LogP contribution in [0.15, 0.2) is 23.3 Å². The zero-order valence-electron chi connectivity index (χ0n) is 16.7. The Morgan fingerprint density at radius 3 is 2.26 bits per heavy atom. The van der Waals surface area contributed by atoms with Gasteiger partial charge in [0.1, 0.15) is 30.6 Å². The Kier molecular flexibility index (Phi) is 8.76. The highest BCUT2D eigenvalue weighted by atomic mass is 35.5. The van der Waals surface area contributed by atoms with Gasteiger partial charge in [0.05, 0.1) is 10.0 Å². The van der Waals surface area contributed by atoms with E-state index >= 15 is 0 Å². The largest absolute Gasteiger partial charge is 0.463 e. The van der Waals surface area contributed by atoms with E-state index in [4.69, 9.17) is 52.4 Å². The fraction of sp³-hybridized carbons (Fsp3) is 0.500. The van der Waals surface area contributed by atoms with Crippen molar-refractivity contribution in [2.45, 2.75) is 51.4 Å². The lowest BCUT2D eigenvalue weighted by Crippen LogP contribution is -2.61. The van der Waals surface area contributed by atoms with Gasteiger partial charge >= 0.3 is 17.9 Å². The van der Waals surface area contributed by atoms with Crippen LogP contribution in [0, 0.1) is 0 Å². The molecule has 1 aromatic rings. The molecule has 11 nitrogen and oxygen atoms in total. The number of esters is 3. The summed E-state index contributed by atoms with van der Waals surface area (Å²) in [6, 6.07) is 3.12. The first-order valence-electron chi connectivity index (χ1n) is 8.91. The molecule has 1 heterocycles. The number of carbonyl (C=O) groups is 3. The van der Waals surface area contributed by atoms with Crippen molar-refractivity contribution in [1.29, 1.82) is 0 Å². The highest BCUT2D eigenvalue weighted by Crippen LogP contribution is 2.33. The maximum Gasteiger partial charge on any atom is 0.303 e. The highest BCUT2D eigenvalue weighted by molar-refractivity contribution is 6.42. The Labute approximate surface area is 187 Å². The van der Waals surface area contributed by atoms with Crippen molar-refractivity contribution >= 4 is 41.1 Å². The average molecular weight is 476 g/mol. The molecule has 1 fully saturated rings. The second-order valence-electron chi connectivity index (χ2n) is 6.38. The molecular formula is C18H19Cl2N3O8. The van der Waals surface area contributed by atoms with Crippen LogP contribution in [0.25, 0.3) is 10.4 Å². The predicted molar refractivity (Wildman–Crippen MR) is 106 cm³/mol. The first kappa shape index (κ1) is 24.5. The summed E-state index contributed by atoms with van der Waals surface area (Å²) in [5.74, 6) is -1.86. The zero-order chi connectivity index (χ0) is 23.1. The molecule has 0 radical (unpaired) electrons. The molecule has 31 heavy (non-hydrogen) atoms. The quantitative estimate of drug-likeness (QED) is 0.192. The summed E-state index contributed by atoms with van der Waals surface area (Å²) in [5.41, 5.74) is 9.05. The highest BCUT2D eigenvalue weighted by Gasteiger charge is 2.51. The summed E-state index contributed by atoms with van der Waals surface area (Å²) >= 11 is 11.9. The molecule has 0 unspecified atom stereocenters. The van der Waals surface area contributed by atoms with Gasteiger partial charge in [-0.2, -0.15) is 0 Å². The van der Waals surface area contributed by atoms with E-state index in [0.717, 1.165) is 13.8 Å². The van der Waals surface area contributed by atoms with E-state index in [0.29, 0.717) is 0 Å². The van der Waals surface area contributed by atoms with Gasteiger partial charge in [0.2, 0.25) is 6.29 Å². The van der Waals surface area contributed by atoms with E-state index < -0.39 is 48.6 Å². The summed E-state index contributed by atoms with van der Waals surface area (Å²) in [6.07, 6.45) is -4.96. The minimum absolute atomic E-state index is 0.194. The summed E-state index contributed by atoms with van der Waals surface area (Å²) in [6.45, 7) is 3.10. The number of carbonyl (C=O) groups excluding carboxylic acids is 3. The van der Waals surface area contributed by atoms with Crippen molar-refractivity contribution in [3.63, 3.8) is 0 Å². The summed E-state index contributed by atoms with van der Waals surface area (Å²) in [4.78, 5) is 37.4. The van der Waals surface area contributed by atoms with Crippen molar-refractivity contribution < 1.29 is 38.1 Å². The van der Waals surface area contributed by atoms with E-state index in [1.165, 1.54) is 25.1 Å². The first-order valence-corrected chi connectivity index (χ1v) is 9.67. The number of hydrogen-bond acceptors (Lipinski definition) is 9. The van der Waals surface area contributed by atoms with Crippen molar-refractivity contribution in [3.05, 3.63) is 38.7 Å². The minimum Gasteiger partial charge on any atom is -0.463 e. The van der Waals surface area contributed by atoms with E-state index in [-0.39, 0.29) is 22.4 Å². The van der Waals surface area contributed by atoms with Crippen LogP contribution in [-0.2, 0) is 33.3 Å². The van der Waals surface area contributed by atoms with Crippen LogP contribution in [0.3, 0.4) is 0 Å². The second-order valence-corrected chi connectivity index (χ2v) is 7.20. The van der Waals surface area contributed by atoms with Crippen LogP contribution >= 0.6 is 23.2 Å². The zero-order valence-corrected chi connectivity index (χ0v) is 18.2. The minimum atomic E-state index is -1.33. The van der Waals surface area contributed by atoms with Gasteiger partial charge in [-0.25, -0.2) is 0 Å².